The highest BCUT2D eigenvalue weighted by atomic mass is 16.5. The number of ether oxygens (including phenoxy) is 4. The molecule has 1 N–H and O–H groups in total. The molecular weight excluding hydrogens is 406 g/mol. The van der Waals surface area contributed by atoms with Crippen molar-refractivity contribution in [2.75, 3.05) is 27.9 Å². The van der Waals surface area contributed by atoms with Crippen LogP contribution in [0.1, 0.15) is 18.1 Å². The third kappa shape index (κ3) is 3.44. The maximum atomic E-state index is 9.91. The third-order valence-electron chi connectivity index (χ3n) is 5.72. The molecule has 1 aliphatic rings. The molecule has 0 unspecified atom stereocenters. The largest absolute Gasteiger partial charge is 0.493 e. The van der Waals surface area contributed by atoms with Crippen LogP contribution in [0.3, 0.4) is 0 Å². The molecule has 1 aliphatic heterocycles. The fraction of sp³-hybridized carbons (Fsp3) is 0.280. The van der Waals surface area contributed by atoms with Crippen molar-refractivity contribution in [3.8, 4) is 51.5 Å². The smallest absolute Gasteiger partial charge is 0.161 e. The second-order valence-electron chi connectivity index (χ2n) is 7.34. The van der Waals surface area contributed by atoms with Crippen molar-refractivity contribution in [1.82, 2.24) is 4.57 Å². The molecule has 0 radical (unpaired) electrons. The lowest BCUT2D eigenvalue weighted by molar-refractivity contribution is 0.311. The Hall–Kier alpha value is -3.92. The predicted molar refractivity (Wildman–Crippen MR) is 120 cm³/mol. The van der Waals surface area contributed by atoms with Crippen LogP contribution in [0.2, 0.25) is 0 Å². The van der Waals surface area contributed by atoms with Crippen molar-refractivity contribution in [1.29, 1.82) is 10.7 Å². The van der Waals surface area contributed by atoms with E-state index in [0.717, 1.165) is 28.8 Å². The van der Waals surface area contributed by atoms with Gasteiger partial charge in [-0.15, -0.1) is 0 Å². The molecule has 3 aromatic rings. The van der Waals surface area contributed by atoms with E-state index in [2.05, 4.69) is 6.07 Å². The number of aryl methyl sites for hydroxylation is 1. The Kier molecular flexibility index (Phi) is 5.78. The first-order chi connectivity index (χ1) is 15.6. The molecule has 164 valence electrons. The lowest BCUT2D eigenvalue weighted by Gasteiger charge is -2.25. The van der Waals surface area contributed by atoms with Crippen LogP contribution in [0.4, 0.5) is 0 Å². The molecule has 0 atom stereocenters. The van der Waals surface area contributed by atoms with Crippen LogP contribution < -0.4 is 24.4 Å². The summed E-state index contributed by atoms with van der Waals surface area (Å²) in [4.78, 5) is 0. The zero-order valence-electron chi connectivity index (χ0n) is 18.6. The Morgan fingerprint density at radius 3 is 2.31 bits per heavy atom. The van der Waals surface area contributed by atoms with Gasteiger partial charge >= 0.3 is 0 Å². The summed E-state index contributed by atoms with van der Waals surface area (Å²) >= 11 is 0. The zero-order valence-corrected chi connectivity index (χ0v) is 18.6. The van der Waals surface area contributed by atoms with Crippen LogP contribution >= 0.6 is 0 Å². The lowest BCUT2D eigenvalue weighted by Crippen LogP contribution is -2.28. The van der Waals surface area contributed by atoms with E-state index in [4.69, 9.17) is 24.4 Å². The summed E-state index contributed by atoms with van der Waals surface area (Å²) in [5, 5.41) is 18.7. The summed E-state index contributed by atoms with van der Waals surface area (Å²) in [7, 11) is 4.82. The molecule has 2 aromatic carbocycles. The summed E-state index contributed by atoms with van der Waals surface area (Å²) < 4.78 is 24.0. The van der Waals surface area contributed by atoms with E-state index in [1.807, 2.05) is 47.9 Å². The van der Waals surface area contributed by atoms with Gasteiger partial charge in [0, 0.05) is 17.7 Å². The van der Waals surface area contributed by atoms with Crippen LogP contribution in [0.15, 0.2) is 36.4 Å². The zero-order chi connectivity index (χ0) is 22.8. The van der Waals surface area contributed by atoms with Gasteiger partial charge < -0.3 is 23.5 Å². The molecule has 32 heavy (non-hydrogen) atoms. The number of rotatable bonds is 6. The van der Waals surface area contributed by atoms with E-state index in [0.29, 0.717) is 47.3 Å². The molecule has 2 heterocycles. The predicted octanol–water partition coefficient (Wildman–Crippen LogP) is 4.15. The normalized spacial score (nSPS) is 11.7. The number of fused-ring (bicyclic) bond motifs is 3. The van der Waals surface area contributed by atoms with Crippen molar-refractivity contribution in [3.05, 3.63) is 53.0 Å². The van der Waals surface area contributed by atoms with Gasteiger partial charge in [0.05, 0.1) is 33.6 Å². The minimum absolute atomic E-state index is 0.189. The minimum atomic E-state index is 0.189. The third-order valence-corrected chi connectivity index (χ3v) is 5.72. The van der Waals surface area contributed by atoms with Gasteiger partial charge in [-0.1, -0.05) is 6.07 Å². The SMILES string of the molecule is CCOc1cc(-c2cc3n(c(=N)c2C#N)CCc2cc(OC)c(OC)cc2-3)ccc1OC. The van der Waals surface area contributed by atoms with Gasteiger partial charge in [0.2, 0.25) is 0 Å². The molecule has 1 aromatic heterocycles. The highest BCUT2D eigenvalue weighted by molar-refractivity contribution is 5.79. The van der Waals surface area contributed by atoms with Gasteiger partial charge in [0.1, 0.15) is 17.1 Å². The van der Waals surface area contributed by atoms with Crippen LogP contribution in [0, 0.1) is 16.7 Å². The number of nitrogens with one attached hydrogen (secondary N) is 1. The molecule has 0 fully saturated rings. The van der Waals surface area contributed by atoms with Gasteiger partial charge in [0.25, 0.3) is 0 Å². The summed E-state index contributed by atoms with van der Waals surface area (Å²) in [6.07, 6.45) is 0.737. The second kappa shape index (κ2) is 8.67. The minimum Gasteiger partial charge on any atom is -0.493 e. The average Bonchev–Trinajstić information content (AvgIpc) is 2.82. The number of nitriles is 1. The topological polar surface area (TPSA) is 89.5 Å². The molecule has 0 saturated carbocycles. The number of aromatic nitrogens is 1. The van der Waals surface area contributed by atoms with Gasteiger partial charge in [0.15, 0.2) is 23.0 Å². The van der Waals surface area contributed by atoms with Crippen molar-refractivity contribution < 1.29 is 18.9 Å². The lowest BCUT2D eigenvalue weighted by atomic mass is 9.92. The standard InChI is InChI=1S/C25H25N3O4/c1-5-32-24-11-15(6-7-21(24)29-2)17-12-20-18-13-23(31-4)22(30-3)10-16(18)8-9-28(20)25(27)19(17)14-26/h6-7,10-13,27H,5,8-9H2,1-4H3. The Balaban J connectivity index is 1.97. The second-order valence-corrected chi connectivity index (χ2v) is 7.34. The van der Waals surface area contributed by atoms with Crippen LogP contribution in [-0.4, -0.2) is 32.5 Å². The van der Waals surface area contributed by atoms with E-state index < -0.39 is 0 Å². The molecule has 7 heteroatoms. The van der Waals surface area contributed by atoms with Crippen molar-refractivity contribution in [3.63, 3.8) is 0 Å². The summed E-state index contributed by atoms with van der Waals surface area (Å²) in [5.41, 5.74) is 4.92. The van der Waals surface area contributed by atoms with Crippen LogP contribution in [-0.2, 0) is 13.0 Å². The molecule has 7 nitrogen and oxygen atoms in total. The molecule has 0 bridgehead atoms. The number of hydrogen-bond donors (Lipinski definition) is 1. The van der Waals surface area contributed by atoms with E-state index in [1.165, 1.54) is 0 Å². The average molecular weight is 431 g/mol. The molecule has 0 aliphatic carbocycles. The van der Waals surface area contributed by atoms with Crippen molar-refractivity contribution >= 4 is 0 Å². The molecular formula is C25H25N3O4. The number of hydrogen-bond acceptors (Lipinski definition) is 6. The Morgan fingerprint density at radius 2 is 1.66 bits per heavy atom. The highest BCUT2D eigenvalue weighted by Gasteiger charge is 2.23. The van der Waals surface area contributed by atoms with E-state index in [1.54, 1.807) is 21.3 Å². The quantitative estimate of drug-likeness (QED) is 0.633. The maximum absolute atomic E-state index is 9.91. The molecule has 4 rings (SSSR count). The van der Waals surface area contributed by atoms with Crippen molar-refractivity contribution in [2.24, 2.45) is 0 Å². The molecule has 0 saturated heterocycles. The summed E-state index contributed by atoms with van der Waals surface area (Å²) in [5.74, 6) is 2.52. The highest BCUT2D eigenvalue weighted by Crippen LogP contribution is 2.40. The first-order valence-electron chi connectivity index (χ1n) is 10.3. The van der Waals surface area contributed by atoms with E-state index >= 15 is 0 Å². The molecule has 0 amide bonds. The van der Waals surface area contributed by atoms with Crippen LogP contribution in [0.25, 0.3) is 22.4 Å². The molecule has 0 spiro atoms. The van der Waals surface area contributed by atoms with Gasteiger partial charge in [-0.25, -0.2) is 0 Å². The van der Waals surface area contributed by atoms with Crippen LogP contribution in [0.5, 0.6) is 23.0 Å². The van der Waals surface area contributed by atoms with E-state index in [9.17, 15) is 5.26 Å². The fourth-order valence-corrected chi connectivity index (χ4v) is 4.18. The van der Waals surface area contributed by atoms with Gasteiger partial charge in [-0.3, -0.25) is 5.41 Å². The number of pyridine rings is 1. The fourth-order valence-electron chi connectivity index (χ4n) is 4.18. The first kappa shape index (κ1) is 21.3. The van der Waals surface area contributed by atoms with Gasteiger partial charge in [-0.2, -0.15) is 5.26 Å². The Morgan fingerprint density at radius 1 is 0.938 bits per heavy atom. The van der Waals surface area contributed by atoms with E-state index in [-0.39, 0.29) is 5.49 Å². The summed E-state index contributed by atoms with van der Waals surface area (Å²) in [6.45, 7) is 3.00. The summed E-state index contributed by atoms with van der Waals surface area (Å²) in [6, 6.07) is 13.7. The number of methoxy groups -OCH3 is 3. The van der Waals surface area contributed by atoms with Gasteiger partial charge in [-0.05, 0) is 54.8 Å². The Bertz CT molecular complexity index is 1290. The first-order valence-corrected chi connectivity index (χ1v) is 10.3. The Labute approximate surface area is 186 Å². The monoisotopic (exact) mass is 431 g/mol. The number of nitrogens with zero attached hydrogens (tertiary/aromatic N) is 2. The van der Waals surface area contributed by atoms with Crippen molar-refractivity contribution in [2.45, 2.75) is 19.9 Å². The number of benzene rings is 2. The maximum Gasteiger partial charge on any atom is 0.161 e.